The van der Waals surface area contributed by atoms with Gasteiger partial charge in [0.05, 0.1) is 31.8 Å². The minimum absolute atomic E-state index is 0.0465. The molecule has 9 nitrogen and oxygen atoms in total. The van der Waals surface area contributed by atoms with Crippen molar-refractivity contribution in [3.63, 3.8) is 0 Å². The van der Waals surface area contributed by atoms with Crippen molar-refractivity contribution in [1.29, 1.82) is 0 Å². The molecule has 2 heterocycles. The van der Waals surface area contributed by atoms with Crippen molar-refractivity contribution in [3.8, 4) is 5.75 Å². The van der Waals surface area contributed by atoms with E-state index in [-0.39, 0.29) is 25.0 Å². The molecule has 3 N–H and O–H groups in total. The van der Waals surface area contributed by atoms with Gasteiger partial charge >= 0.3 is 0 Å². The average molecular weight is 540 g/mol. The van der Waals surface area contributed by atoms with Gasteiger partial charge in [-0.1, -0.05) is 24.6 Å². The standard InChI is InChI=1S/C30H41N3O6/c34-12-7-31-30(37)23-18-24(28(36)29-27(23)22-3-1-2-4-25(22)39-29)33(9-8-32-10-13-38-14-11-32)26(35)17-21-16-19-5-6-20(21)15-19/h1-4,18-21,24,27-29,34,36H,5-17H2,(H,31,37)/t19?,20?,21?,24-,27+,28+,29+/m1/s1. The van der Waals surface area contributed by atoms with Crippen LogP contribution in [0.2, 0.25) is 0 Å². The lowest BCUT2D eigenvalue weighted by Crippen LogP contribution is -2.57. The second-order valence-corrected chi connectivity index (χ2v) is 11.9. The highest BCUT2D eigenvalue weighted by atomic mass is 16.5. The van der Waals surface area contributed by atoms with Gasteiger partial charge in [0.15, 0.2) is 0 Å². The summed E-state index contributed by atoms with van der Waals surface area (Å²) >= 11 is 0. The molecule has 1 aromatic rings. The number of carbonyl (C=O) groups is 2. The third-order valence-electron chi connectivity index (χ3n) is 9.64. The van der Waals surface area contributed by atoms with E-state index in [1.165, 1.54) is 19.3 Å². The molecule has 2 aliphatic heterocycles. The van der Waals surface area contributed by atoms with E-state index in [4.69, 9.17) is 9.47 Å². The third-order valence-corrected chi connectivity index (χ3v) is 9.64. The molecular weight excluding hydrogens is 498 g/mol. The third kappa shape index (κ3) is 5.34. The van der Waals surface area contributed by atoms with Gasteiger partial charge in [-0.2, -0.15) is 0 Å². The van der Waals surface area contributed by atoms with Crippen molar-refractivity contribution < 1.29 is 29.3 Å². The molecule has 2 saturated carbocycles. The van der Waals surface area contributed by atoms with Crippen LogP contribution in [0.3, 0.4) is 0 Å². The van der Waals surface area contributed by atoms with Crippen molar-refractivity contribution in [2.75, 3.05) is 52.5 Å². The number of hydrogen-bond donors (Lipinski definition) is 3. The Morgan fingerprint density at radius 2 is 1.95 bits per heavy atom. The fourth-order valence-electron chi connectivity index (χ4n) is 7.67. The molecule has 39 heavy (non-hydrogen) atoms. The number of aliphatic hydroxyl groups excluding tert-OH is 2. The molecule has 0 radical (unpaired) electrons. The van der Waals surface area contributed by atoms with Crippen LogP contribution >= 0.6 is 0 Å². The van der Waals surface area contributed by atoms with E-state index in [1.807, 2.05) is 29.2 Å². The number of benzene rings is 1. The van der Waals surface area contributed by atoms with Gasteiger partial charge < -0.3 is 29.9 Å². The van der Waals surface area contributed by atoms with E-state index in [1.54, 1.807) is 6.08 Å². The molecule has 0 aromatic heterocycles. The Morgan fingerprint density at radius 3 is 2.69 bits per heavy atom. The van der Waals surface area contributed by atoms with Gasteiger partial charge in [-0.3, -0.25) is 14.5 Å². The first-order chi connectivity index (χ1) is 19.0. The Bertz CT molecular complexity index is 1090. The number of hydrogen-bond acceptors (Lipinski definition) is 7. The highest BCUT2D eigenvalue weighted by Gasteiger charge is 2.51. The molecule has 3 fully saturated rings. The number of nitrogens with one attached hydrogen (secondary N) is 1. The molecule has 6 rings (SSSR count). The molecule has 1 aromatic carbocycles. The largest absolute Gasteiger partial charge is 0.486 e. The van der Waals surface area contributed by atoms with Gasteiger partial charge in [0, 0.05) is 50.3 Å². The number of morpholine rings is 1. The van der Waals surface area contributed by atoms with E-state index >= 15 is 0 Å². The first-order valence-electron chi connectivity index (χ1n) is 14.7. The Balaban J connectivity index is 1.30. The Kier molecular flexibility index (Phi) is 7.93. The Morgan fingerprint density at radius 1 is 1.13 bits per heavy atom. The van der Waals surface area contributed by atoms with Crippen LogP contribution < -0.4 is 10.1 Å². The quantitative estimate of drug-likeness (QED) is 0.434. The van der Waals surface area contributed by atoms with Crippen LogP contribution in [0.4, 0.5) is 0 Å². The number of fused-ring (bicyclic) bond motifs is 5. The van der Waals surface area contributed by atoms with Crippen LogP contribution in [0.5, 0.6) is 5.75 Å². The summed E-state index contributed by atoms with van der Waals surface area (Å²) < 4.78 is 11.8. The minimum atomic E-state index is -0.981. The normalized spacial score (nSPS) is 33.2. The second-order valence-electron chi connectivity index (χ2n) is 11.9. The summed E-state index contributed by atoms with van der Waals surface area (Å²) in [6.07, 6.45) is 5.49. The second kappa shape index (κ2) is 11.6. The first-order valence-corrected chi connectivity index (χ1v) is 14.7. The number of carbonyl (C=O) groups excluding carboxylic acids is 2. The number of para-hydroxylation sites is 1. The summed E-state index contributed by atoms with van der Waals surface area (Å²) in [5, 5.41) is 23.9. The van der Waals surface area contributed by atoms with Crippen LogP contribution in [0.1, 0.15) is 43.6 Å². The number of rotatable bonds is 9. The van der Waals surface area contributed by atoms with Crippen molar-refractivity contribution in [3.05, 3.63) is 41.5 Å². The van der Waals surface area contributed by atoms with Gasteiger partial charge in [0.25, 0.3) is 0 Å². The van der Waals surface area contributed by atoms with Crippen LogP contribution in [-0.4, -0.2) is 103 Å². The molecule has 212 valence electrons. The molecule has 3 unspecified atom stereocenters. The molecular formula is C30H41N3O6. The summed E-state index contributed by atoms with van der Waals surface area (Å²) in [7, 11) is 0. The van der Waals surface area contributed by atoms with Crippen LogP contribution in [-0.2, 0) is 14.3 Å². The molecule has 5 aliphatic rings. The maximum Gasteiger partial charge on any atom is 0.247 e. The monoisotopic (exact) mass is 539 g/mol. The summed E-state index contributed by atoms with van der Waals surface area (Å²) in [5.74, 6) is 1.75. The van der Waals surface area contributed by atoms with E-state index in [2.05, 4.69) is 10.2 Å². The van der Waals surface area contributed by atoms with Crippen LogP contribution in [0, 0.1) is 17.8 Å². The molecule has 7 atom stereocenters. The summed E-state index contributed by atoms with van der Waals surface area (Å²) in [4.78, 5) is 31.5. The van der Waals surface area contributed by atoms with Crippen molar-refractivity contribution in [1.82, 2.24) is 15.1 Å². The molecule has 0 spiro atoms. The average Bonchev–Trinajstić information content (AvgIpc) is 3.68. The van der Waals surface area contributed by atoms with Crippen molar-refractivity contribution in [2.45, 2.75) is 56.3 Å². The summed E-state index contributed by atoms with van der Waals surface area (Å²) in [6, 6.07) is 6.89. The number of nitrogens with zero attached hydrogens (tertiary/aromatic N) is 2. The lowest BCUT2D eigenvalue weighted by atomic mass is 9.77. The lowest BCUT2D eigenvalue weighted by Gasteiger charge is -2.42. The fraction of sp³-hybridized carbons (Fsp3) is 0.667. The van der Waals surface area contributed by atoms with E-state index < -0.39 is 24.2 Å². The maximum atomic E-state index is 14.0. The van der Waals surface area contributed by atoms with Gasteiger partial charge in [-0.05, 0) is 49.2 Å². The zero-order valence-corrected chi connectivity index (χ0v) is 22.5. The van der Waals surface area contributed by atoms with Crippen molar-refractivity contribution >= 4 is 11.8 Å². The smallest absolute Gasteiger partial charge is 0.247 e. The predicted molar refractivity (Wildman–Crippen MR) is 144 cm³/mol. The Labute approximate surface area is 230 Å². The molecule has 2 bridgehead atoms. The summed E-state index contributed by atoms with van der Waals surface area (Å²) in [5.41, 5.74) is 1.34. The van der Waals surface area contributed by atoms with Gasteiger partial charge in [-0.25, -0.2) is 0 Å². The molecule has 3 aliphatic carbocycles. The van der Waals surface area contributed by atoms with Crippen LogP contribution in [0.25, 0.3) is 0 Å². The topological polar surface area (TPSA) is 112 Å². The van der Waals surface area contributed by atoms with E-state index in [0.717, 1.165) is 31.0 Å². The van der Waals surface area contributed by atoms with Crippen molar-refractivity contribution in [2.24, 2.45) is 17.8 Å². The highest BCUT2D eigenvalue weighted by molar-refractivity contribution is 5.96. The highest BCUT2D eigenvalue weighted by Crippen LogP contribution is 2.50. The zero-order chi connectivity index (χ0) is 26.9. The van der Waals surface area contributed by atoms with Crippen LogP contribution in [0.15, 0.2) is 35.9 Å². The molecule has 1 saturated heterocycles. The number of amides is 2. The number of ether oxygens (including phenoxy) is 2. The zero-order valence-electron chi connectivity index (χ0n) is 22.5. The van der Waals surface area contributed by atoms with E-state index in [9.17, 15) is 19.8 Å². The minimum Gasteiger partial charge on any atom is -0.486 e. The number of aliphatic hydroxyl groups is 2. The molecule has 2 amide bonds. The van der Waals surface area contributed by atoms with Gasteiger partial charge in [-0.15, -0.1) is 0 Å². The fourth-order valence-corrected chi connectivity index (χ4v) is 7.67. The van der Waals surface area contributed by atoms with Gasteiger partial charge in [0.2, 0.25) is 11.8 Å². The molecule has 9 heteroatoms. The first kappa shape index (κ1) is 26.7. The predicted octanol–water partition coefficient (Wildman–Crippen LogP) is 1.30. The lowest BCUT2D eigenvalue weighted by molar-refractivity contribution is -0.139. The Hall–Kier alpha value is -2.46. The van der Waals surface area contributed by atoms with Gasteiger partial charge in [0.1, 0.15) is 18.0 Å². The van der Waals surface area contributed by atoms with E-state index in [0.29, 0.717) is 55.9 Å². The SMILES string of the molecule is O=C(NCCO)C1=C[C@@H](N(CCN2CCOCC2)C(=O)CC2CC3CCC2C3)[C@H](O)[C@H]2Oc3ccccc3[C@@H]12. The maximum absolute atomic E-state index is 14.0. The summed E-state index contributed by atoms with van der Waals surface area (Å²) in [6.45, 7) is 4.10.